The second kappa shape index (κ2) is 7.35. The fraction of sp³-hybridized carbons (Fsp3) is 0.714. The van der Waals surface area contributed by atoms with Crippen LogP contribution in [0.3, 0.4) is 0 Å². The average molecular weight is 188 g/mol. The van der Waals surface area contributed by atoms with Crippen LogP contribution < -0.4 is 17.0 Å². The molecule has 0 heterocycles. The Bertz CT molecular complexity index is 181. The Kier molecular flexibility index (Phi) is 6.62. The van der Waals surface area contributed by atoms with Crippen LogP contribution in [-0.2, 0) is 9.53 Å². The molecule has 0 spiro atoms. The van der Waals surface area contributed by atoms with Crippen LogP contribution in [0.1, 0.15) is 19.3 Å². The average Bonchev–Trinajstić information content (AvgIpc) is 2.16. The molecule has 0 radical (unpaired) electrons. The summed E-state index contributed by atoms with van der Waals surface area (Å²) in [6.45, 7) is 0.563. The maximum absolute atomic E-state index is 10.6. The number of nitrogens with two attached hydrogens (primary N) is 2. The second-order valence-electron chi connectivity index (χ2n) is 2.44. The number of nitrogens with one attached hydrogen (secondary N) is 1. The van der Waals surface area contributed by atoms with E-state index in [2.05, 4.69) is 15.2 Å². The molecule has 0 fully saturated rings. The molecule has 13 heavy (non-hydrogen) atoms. The minimum Gasteiger partial charge on any atom is -0.469 e. The molecule has 0 aliphatic heterocycles. The van der Waals surface area contributed by atoms with Gasteiger partial charge in [0.25, 0.3) is 0 Å². The van der Waals surface area contributed by atoms with E-state index in [1.54, 1.807) is 0 Å². The quantitative estimate of drug-likeness (QED) is 0.130. The van der Waals surface area contributed by atoms with Crippen LogP contribution in [-0.4, -0.2) is 25.6 Å². The lowest BCUT2D eigenvalue weighted by molar-refractivity contribution is -0.140. The lowest BCUT2D eigenvalue weighted by Gasteiger charge is -1.99. The molecule has 76 valence electrons. The minimum absolute atomic E-state index is 0.200. The lowest BCUT2D eigenvalue weighted by Crippen LogP contribution is -2.37. The summed E-state index contributed by atoms with van der Waals surface area (Å²) >= 11 is 0. The summed E-state index contributed by atoms with van der Waals surface area (Å²) in [4.78, 5) is 14.5. The van der Waals surface area contributed by atoms with Crippen molar-refractivity contribution in [3.63, 3.8) is 0 Å². The van der Waals surface area contributed by atoms with Crippen LogP contribution in [0.5, 0.6) is 0 Å². The number of carbonyl (C=O) groups is 1. The summed E-state index contributed by atoms with van der Waals surface area (Å²) in [5, 5.41) is 0. The molecule has 0 aromatic heterocycles. The molecular weight excluding hydrogens is 172 g/mol. The van der Waals surface area contributed by atoms with E-state index >= 15 is 0 Å². The zero-order valence-electron chi connectivity index (χ0n) is 7.75. The monoisotopic (exact) mass is 188 g/mol. The molecule has 0 aromatic carbocycles. The Morgan fingerprint density at radius 2 is 2.23 bits per heavy atom. The summed E-state index contributed by atoms with van der Waals surface area (Å²) in [6.07, 6.45) is 1.95. The predicted molar refractivity (Wildman–Crippen MR) is 49.7 cm³/mol. The molecule has 0 saturated carbocycles. The topological polar surface area (TPSA) is 103 Å². The third kappa shape index (κ3) is 7.07. The molecular formula is C7H16N4O2. The molecule has 0 aliphatic rings. The van der Waals surface area contributed by atoms with Crippen molar-refractivity contribution < 1.29 is 9.53 Å². The maximum atomic E-state index is 10.6. The van der Waals surface area contributed by atoms with E-state index in [0.717, 1.165) is 12.8 Å². The van der Waals surface area contributed by atoms with Crippen molar-refractivity contribution in [2.75, 3.05) is 13.7 Å². The van der Waals surface area contributed by atoms with E-state index in [4.69, 9.17) is 11.6 Å². The molecule has 6 heteroatoms. The number of ether oxygens (including phenoxy) is 1. The minimum atomic E-state index is -0.200. The van der Waals surface area contributed by atoms with Gasteiger partial charge in [0.05, 0.1) is 7.11 Å². The van der Waals surface area contributed by atoms with Gasteiger partial charge in [-0.2, -0.15) is 0 Å². The number of hydrogen-bond acceptors (Lipinski definition) is 4. The van der Waals surface area contributed by atoms with Crippen LogP contribution in [0.2, 0.25) is 0 Å². The van der Waals surface area contributed by atoms with Crippen molar-refractivity contribution in [3.05, 3.63) is 0 Å². The fourth-order valence-electron chi connectivity index (χ4n) is 0.728. The fourth-order valence-corrected chi connectivity index (χ4v) is 0.728. The van der Waals surface area contributed by atoms with E-state index in [9.17, 15) is 4.79 Å². The van der Waals surface area contributed by atoms with Crippen molar-refractivity contribution in [2.45, 2.75) is 19.3 Å². The molecule has 5 N–H and O–H groups in total. The van der Waals surface area contributed by atoms with Crippen LogP contribution in [0.25, 0.3) is 0 Å². The number of aliphatic imine (C=N–C) groups is 1. The van der Waals surface area contributed by atoms with Crippen LogP contribution in [0.15, 0.2) is 4.99 Å². The first-order valence-electron chi connectivity index (χ1n) is 4.04. The van der Waals surface area contributed by atoms with Gasteiger partial charge >= 0.3 is 5.97 Å². The molecule has 0 rings (SSSR count). The third-order valence-electron chi connectivity index (χ3n) is 1.45. The Balaban J connectivity index is 3.31. The molecule has 0 bridgehead atoms. The van der Waals surface area contributed by atoms with Gasteiger partial charge in [-0.05, 0) is 12.8 Å². The molecule has 6 nitrogen and oxygen atoms in total. The largest absolute Gasteiger partial charge is 0.469 e. The van der Waals surface area contributed by atoms with Crippen LogP contribution in [0.4, 0.5) is 0 Å². The first-order valence-corrected chi connectivity index (χ1v) is 4.04. The smallest absolute Gasteiger partial charge is 0.305 e. The van der Waals surface area contributed by atoms with Gasteiger partial charge in [-0.15, -0.1) is 0 Å². The van der Waals surface area contributed by atoms with Crippen molar-refractivity contribution in [3.8, 4) is 0 Å². The maximum Gasteiger partial charge on any atom is 0.305 e. The summed E-state index contributed by atoms with van der Waals surface area (Å²) in [6, 6.07) is 0. The number of unbranched alkanes of at least 4 members (excludes halogenated alkanes) is 1. The number of carbonyl (C=O) groups excluding carboxylic acids is 1. The van der Waals surface area contributed by atoms with Gasteiger partial charge in [-0.3, -0.25) is 15.2 Å². The molecule has 0 saturated heterocycles. The van der Waals surface area contributed by atoms with Gasteiger partial charge in [0.2, 0.25) is 5.96 Å². The number of hydrogen-bond donors (Lipinski definition) is 3. The van der Waals surface area contributed by atoms with E-state index in [1.165, 1.54) is 7.11 Å². The van der Waals surface area contributed by atoms with Crippen LogP contribution >= 0.6 is 0 Å². The number of guanidine groups is 1. The molecule has 0 amide bonds. The first-order chi connectivity index (χ1) is 6.20. The van der Waals surface area contributed by atoms with E-state index in [0.29, 0.717) is 13.0 Å². The Labute approximate surface area is 77.3 Å². The summed E-state index contributed by atoms with van der Waals surface area (Å²) in [5.41, 5.74) is 7.48. The molecule has 0 atom stereocenters. The summed E-state index contributed by atoms with van der Waals surface area (Å²) < 4.78 is 4.47. The molecule has 0 aromatic rings. The standard InChI is InChI=1S/C7H16N4O2/c1-13-6(12)4-2-3-5-10-7(8)11-9/h2-5,9H2,1H3,(H3,8,10,11). The summed E-state index contributed by atoms with van der Waals surface area (Å²) in [5.74, 6) is 4.98. The van der Waals surface area contributed by atoms with E-state index in [1.807, 2.05) is 0 Å². The van der Waals surface area contributed by atoms with Gasteiger partial charge < -0.3 is 10.5 Å². The van der Waals surface area contributed by atoms with Gasteiger partial charge in [0, 0.05) is 13.0 Å². The highest BCUT2D eigenvalue weighted by Crippen LogP contribution is 1.96. The van der Waals surface area contributed by atoms with Gasteiger partial charge in [-0.25, -0.2) is 5.84 Å². The number of hydrazine groups is 1. The van der Waals surface area contributed by atoms with Gasteiger partial charge in [0.15, 0.2) is 0 Å². The molecule has 0 unspecified atom stereocenters. The molecule has 0 aliphatic carbocycles. The van der Waals surface area contributed by atoms with Crippen LogP contribution in [0, 0.1) is 0 Å². The Hall–Kier alpha value is -1.30. The van der Waals surface area contributed by atoms with E-state index < -0.39 is 0 Å². The van der Waals surface area contributed by atoms with Crippen molar-refractivity contribution in [1.82, 2.24) is 5.43 Å². The summed E-state index contributed by atoms with van der Waals surface area (Å²) in [7, 11) is 1.37. The highest BCUT2D eigenvalue weighted by molar-refractivity contribution is 5.77. The van der Waals surface area contributed by atoms with Crippen molar-refractivity contribution >= 4 is 11.9 Å². The van der Waals surface area contributed by atoms with Gasteiger partial charge in [-0.1, -0.05) is 0 Å². The zero-order chi connectivity index (χ0) is 10.1. The second-order valence-corrected chi connectivity index (χ2v) is 2.44. The van der Waals surface area contributed by atoms with Gasteiger partial charge in [0.1, 0.15) is 0 Å². The number of methoxy groups -OCH3 is 1. The van der Waals surface area contributed by atoms with E-state index in [-0.39, 0.29) is 11.9 Å². The number of rotatable bonds is 5. The Morgan fingerprint density at radius 3 is 2.77 bits per heavy atom. The SMILES string of the molecule is COC(=O)CCCCN=C(N)NN. The predicted octanol–water partition coefficient (Wildman–Crippen LogP) is -0.892. The number of nitrogens with zero attached hydrogens (tertiary/aromatic N) is 1. The highest BCUT2D eigenvalue weighted by atomic mass is 16.5. The third-order valence-corrected chi connectivity index (χ3v) is 1.45. The lowest BCUT2D eigenvalue weighted by atomic mass is 10.2. The normalized spacial score (nSPS) is 11.1. The Morgan fingerprint density at radius 1 is 1.54 bits per heavy atom. The zero-order valence-corrected chi connectivity index (χ0v) is 7.75. The van der Waals surface area contributed by atoms with Crippen molar-refractivity contribution in [2.24, 2.45) is 16.6 Å². The van der Waals surface area contributed by atoms with Crippen molar-refractivity contribution in [1.29, 1.82) is 0 Å². The number of esters is 1. The first kappa shape index (κ1) is 11.7. The highest BCUT2D eigenvalue weighted by Gasteiger charge is 1.98.